The van der Waals surface area contributed by atoms with E-state index < -0.39 is 6.29 Å². The third kappa shape index (κ3) is 8.88. The van der Waals surface area contributed by atoms with E-state index in [1.165, 1.54) is 32.1 Å². The normalized spacial score (nSPS) is 27.6. The lowest BCUT2D eigenvalue weighted by Crippen LogP contribution is -2.40. The first-order chi connectivity index (χ1) is 18.6. The van der Waals surface area contributed by atoms with Gasteiger partial charge >= 0.3 is 0 Å². The summed E-state index contributed by atoms with van der Waals surface area (Å²) in [4.78, 5) is 12.4. The Morgan fingerprint density at radius 2 is 1.29 bits per heavy atom. The number of carbonyl (C=O) groups is 1. The van der Waals surface area contributed by atoms with Crippen LogP contribution in [-0.2, 0) is 23.7 Å². The van der Waals surface area contributed by atoms with Crippen LogP contribution in [0.3, 0.4) is 0 Å². The average Bonchev–Trinajstić information content (AvgIpc) is 2.94. The van der Waals surface area contributed by atoms with Gasteiger partial charge in [0.2, 0.25) is 0 Å². The van der Waals surface area contributed by atoms with Crippen molar-refractivity contribution in [3.8, 4) is 0 Å². The van der Waals surface area contributed by atoms with Gasteiger partial charge in [0.15, 0.2) is 12.6 Å². The maximum atomic E-state index is 12.4. The summed E-state index contributed by atoms with van der Waals surface area (Å²) in [6.45, 7) is 5.96. The molecule has 0 saturated carbocycles. The molecule has 206 valence electrons. The van der Waals surface area contributed by atoms with Gasteiger partial charge in [0.05, 0.1) is 24.4 Å². The van der Waals surface area contributed by atoms with Gasteiger partial charge in [-0.05, 0) is 6.42 Å². The first-order valence-corrected chi connectivity index (χ1v) is 14.5. The fourth-order valence-corrected chi connectivity index (χ4v) is 5.49. The molecule has 0 aromatic heterocycles. The van der Waals surface area contributed by atoms with E-state index in [4.69, 9.17) is 18.9 Å². The fourth-order valence-electron chi connectivity index (χ4n) is 5.49. The molecular formula is C33H44O5. The van der Waals surface area contributed by atoms with Crippen LogP contribution in [0.4, 0.5) is 0 Å². The van der Waals surface area contributed by atoms with E-state index in [1.807, 2.05) is 48.5 Å². The van der Waals surface area contributed by atoms with Gasteiger partial charge in [-0.2, -0.15) is 0 Å². The van der Waals surface area contributed by atoms with Crippen molar-refractivity contribution in [1.29, 1.82) is 0 Å². The van der Waals surface area contributed by atoms with E-state index in [0.29, 0.717) is 19.3 Å². The third-order valence-corrected chi connectivity index (χ3v) is 7.44. The topological polar surface area (TPSA) is 54.0 Å². The molecule has 6 atom stereocenters. The lowest BCUT2D eigenvalue weighted by molar-refractivity contribution is -0.277. The minimum atomic E-state index is -0.490. The second-order valence-corrected chi connectivity index (χ2v) is 10.7. The standard InChI is InChI=1S/C33H44O5/c1-3-5-6-7-14-20-28-22-30(37-32(35-28)25-16-10-8-11-17-25)24-31-23-29(21-27(34)15-4-2)36-33(38-31)26-18-12-9-13-19-26/h4,8-13,16-19,28-33H,2-3,5-7,14-15,20-24H2,1H3/t28-,29+,30-,31+,32-,33+/m1/s1. The molecule has 5 nitrogen and oxygen atoms in total. The molecule has 5 heteroatoms. The molecule has 0 radical (unpaired) electrons. The Hall–Kier alpha value is -2.31. The molecule has 2 saturated heterocycles. The molecule has 0 spiro atoms. The quantitative estimate of drug-likeness (QED) is 0.186. The Morgan fingerprint density at radius 3 is 1.87 bits per heavy atom. The number of hydrogen-bond acceptors (Lipinski definition) is 5. The van der Waals surface area contributed by atoms with E-state index in [2.05, 4.69) is 25.6 Å². The molecule has 0 N–H and O–H groups in total. The molecule has 2 heterocycles. The number of benzene rings is 2. The highest BCUT2D eigenvalue weighted by atomic mass is 16.7. The zero-order chi connectivity index (χ0) is 26.6. The first-order valence-electron chi connectivity index (χ1n) is 14.5. The van der Waals surface area contributed by atoms with Gasteiger partial charge < -0.3 is 18.9 Å². The largest absolute Gasteiger partial charge is 0.345 e. The van der Waals surface area contributed by atoms with Gasteiger partial charge in [-0.3, -0.25) is 4.79 Å². The Morgan fingerprint density at radius 1 is 0.763 bits per heavy atom. The molecular weight excluding hydrogens is 476 g/mol. The van der Waals surface area contributed by atoms with E-state index >= 15 is 0 Å². The number of ketones is 1. The van der Waals surface area contributed by atoms with Gasteiger partial charge in [0, 0.05) is 43.2 Å². The molecule has 38 heavy (non-hydrogen) atoms. The van der Waals surface area contributed by atoms with Crippen molar-refractivity contribution in [3.63, 3.8) is 0 Å². The summed E-state index contributed by atoms with van der Waals surface area (Å²) in [5.41, 5.74) is 2.02. The van der Waals surface area contributed by atoms with Crippen LogP contribution < -0.4 is 0 Å². The van der Waals surface area contributed by atoms with Crippen LogP contribution in [0.25, 0.3) is 0 Å². The van der Waals surface area contributed by atoms with Gasteiger partial charge in [-0.25, -0.2) is 0 Å². The number of unbranched alkanes of at least 4 members (excludes halogenated alkanes) is 4. The van der Waals surface area contributed by atoms with Gasteiger partial charge in [0.25, 0.3) is 0 Å². The van der Waals surface area contributed by atoms with Gasteiger partial charge in [-0.15, -0.1) is 6.58 Å². The van der Waals surface area contributed by atoms with Crippen LogP contribution >= 0.6 is 0 Å². The van der Waals surface area contributed by atoms with Gasteiger partial charge in [-0.1, -0.05) is 106 Å². The highest BCUT2D eigenvalue weighted by Gasteiger charge is 2.37. The molecule has 0 amide bonds. The number of hydrogen-bond donors (Lipinski definition) is 0. The Balaban J connectivity index is 1.44. The van der Waals surface area contributed by atoms with Gasteiger partial charge in [0.1, 0.15) is 5.78 Å². The lowest BCUT2D eigenvalue weighted by Gasteiger charge is -2.40. The molecule has 2 fully saturated rings. The number of rotatable bonds is 14. The zero-order valence-electron chi connectivity index (χ0n) is 22.8. The van der Waals surface area contributed by atoms with E-state index in [9.17, 15) is 4.79 Å². The van der Waals surface area contributed by atoms with Crippen molar-refractivity contribution in [2.24, 2.45) is 0 Å². The molecule has 0 unspecified atom stereocenters. The maximum Gasteiger partial charge on any atom is 0.184 e. The van der Waals surface area contributed by atoms with Crippen LogP contribution in [0, 0.1) is 0 Å². The minimum Gasteiger partial charge on any atom is -0.345 e. The summed E-state index contributed by atoms with van der Waals surface area (Å²) in [7, 11) is 0. The van der Waals surface area contributed by atoms with Crippen LogP contribution in [-0.4, -0.2) is 30.2 Å². The molecule has 2 aliphatic heterocycles. The van der Waals surface area contributed by atoms with Crippen molar-refractivity contribution in [2.45, 2.75) is 115 Å². The Bertz CT molecular complexity index is 962. The molecule has 4 rings (SSSR count). The third-order valence-electron chi connectivity index (χ3n) is 7.44. The van der Waals surface area contributed by atoms with Crippen molar-refractivity contribution < 1.29 is 23.7 Å². The number of carbonyl (C=O) groups excluding carboxylic acids is 1. The van der Waals surface area contributed by atoms with Crippen LogP contribution in [0.2, 0.25) is 0 Å². The Labute approximate surface area is 228 Å². The summed E-state index contributed by atoms with van der Waals surface area (Å²) in [6.07, 6.45) is 11.0. The van der Waals surface area contributed by atoms with Crippen molar-refractivity contribution in [1.82, 2.24) is 0 Å². The van der Waals surface area contributed by atoms with E-state index in [-0.39, 0.29) is 36.5 Å². The highest BCUT2D eigenvalue weighted by molar-refractivity contribution is 5.80. The second kappa shape index (κ2) is 15.3. The summed E-state index contributed by atoms with van der Waals surface area (Å²) in [5, 5.41) is 0. The summed E-state index contributed by atoms with van der Waals surface area (Å²) >= 11 is 0. The molecule has 2 aromatic carbocycles. The van der Waals surface area contributed by atoms with E-state index in [0.717, 1.165) is 30.4 Å². The monoisotopic (exact) mass is 520 g/mol. The minimum absolute atomic E-state index is 0.0126. The van der Waals surface area contributed by atoms with Crippen molar-refractivity contribution >= 4 is 5.78 Å². The lowest BCUT2D eigenvalue weighted by atomic mass is 9.95. The van der Waals surface area contributed by atoms with Crippen LogP contribution in [0.1, 0.15) is 101 Å². The summed E-state index contributed by atoms with van der Waals surface area (Å²) in [5.74, 6) is 0.145. The smallest absolute Gasteiger partial charge is 0.184 e. The Kier molecular flexibility index (Phi) is 11.6. The maximum absolute atomic E-state index is 12.4. The predicted molar refractivity (Wildman–Crippen MR) is 150 cm³/mol. The SMILES string of the molecule is C=CCC(=O)C[C@H]1C[C@@H](C[C@H]2C[C@@H](CCCCCCC)O[C@@H](c3ccccc3)O2)O[C@@H](c2ccccc2)O1. The van der Waals surface area contributed by atoms with Crippen molar-refractivity contribution in [3.05, 3.63) is 84.4 Å². The molecule has 0 bridgehead atoms. The second-order valence-electron chi connectivity index (χ2n) is 10.7. The first kappa shape index (κ1) is 28.7. The predicted octanol–water partition coefficient (Wildman–Crippen LogP) is 8.02. The highest BCUT2D eigenvalue weighted by Crippen LogP contribution is 2.38. The number of allylic oxidation sites excluding steroid dienone is 1. The summed E-state index contributed by atoms with van der Waals surface area (Å²) < 4.78 is 25.7. The zero-order valence-corrected chi connectivity index (χ0v) is 22.8. The summed E-state index contributed by atoms with van der Waals surface area (Å²) in [6, 6.07) is 20.2. The fraction of sp³-hybridized carbons (Fsp3) is 0.545. The average molecular weight is 521 g/mol. The molecule has 2 aliphatic rings. The molecule has 0 aliphatic carbocycles. The number of Topliss-reactive ketones (excluding diaryl/α,β-unsaturated/α-hetero) is 1. The number of ether oxygens (including phenoxy) is 4. The molecule has 2 aromatic rings. The van der Waals surface area contributed by atoms with Crippen molar-refractivity contribution in [2.75, 3.05) is 0 Å². The van der Waals surface area contributed by atoms with Crippen LogP contribution in [0.5, 0.6) is 0 Å². The van der Waals surface area contributed by atoms with E-state index in [1.54, 1.807) is 6.08 Å². The van der Waals surface area contributed by atoms with Crippen LogP contribution in [0.15, 0.2) is 73.3 Å².